The number of halogens is 2. The highest BCUT2D eigenvalue weighted by Gasteiger charge is 2.29. The fourth-order valence-electron chi connectivity index (χ4n) is 4.20. The number of carbonyl (C=O) groups is 2. The van der Waals surface area contributed by atoms with E-state index < -0.39 is 11.9 Å². The molecule has 0 radical (unpaired) electrons. The van der Waals surface area contributed by atoms with Crippen molar-refractivity contribution in [3.63, 3.8) is 0 Å². The Bertz CT molecular complexity index is 1020. The van der Waals surface area contributed by atoms with E-state index in [0.717, 1.165) is 13.1 Å². The standard InChI is InChI=1S/C25H30ClFN4O4/c26-19-4-3-5-20(16-19)28-25(33)31-12-15-35-21(18-31)17-30(9-8-29-10-13-34-14-11-29)24(32)22-6-1-2-7-23(22)27/h1-7,16,21H,8-15,17-18H2,(H,28,33)/t21-/m1/s1. The van der Waals surface area contributed by atoms with Gasteiger partial charge in [0.05, 0.1) is 38.0 Å². The van der Waals surface area contributed by atoms with E-state index in [0.29, 0.717) is 56.7 Å². The van der Waals surface area contributed by atoms with Crippen molar-refractivity contribution in [2.45, 2.75) is 6.10 Å². The summed E-state index contributed by atoms with van der Waals surface area (Å²) in [6.45, 7) is 5.29. The summed E-state index contributed by atoms with van der Waals surface area (Å²) in [5.41, 5.74) is 0.633. The maximum atomic E-state index is 14.4. The van der Waals surface area contributed by atoms with Gasteiger partial charge in [0.1, 0.15) is 5.82 Å². The van der Waals surface area contributed by atoms with Crippen LogP contribution in [0.15, 0.2) is 48.5 Å². The van der Waals surface area contributed by atoms with Gasteiger partial charge in [-0.25, -0.2) is 9.18 Å². The molecule has 0 bridgehead atoms. The SMILES string of the molecule is O=C(Nc1cccc(Cl)c1)N1CCO[C@H](CN(CCN2CCOCC2)C(=O)c2ccccc2F)C1. The number of rotatable bonds is 7. The number of hydrogen-bond acceptors (Lipinski definition) is 5. The minimum atomic E-state index is -0.555. The van der Waals surface area contributed by atoms with Crippen LogP contribution in [-0.2, 0) is 9.47 Å². The first-order chi connectivity index (χ1) is 17.0. The third-order valence-corrected chi connectivity index (χ3v) is 6.34. The van der Waals surface area contributed by atoms with Gasteiger partial charge in [0.25, 0.3) is 5.91 Å². The van der Waals surface area contributed by atoms with Gasteiger partial charge in [-0.05, 0) is 30.3 Å². The molecule has 188 valence electrons. The largest absolute Gasteiger partial charge is 0.379 e. The van der Waals surface area contributed by atoms with Crippen LogP contribution < -0.4 is 5.32 Å². The molecule has 0 spiro atoms. The van der Waals surface area contributed by atoms with Gasteiger partial charge in [-0.3, -0.25) is 9.69 Å². The van der Waals surface area contributed by atoms with E-state index in [2.05, 4.69) is 10.2 Å². The molecule has 2 aliphatic rings. The van der Waals surface area contributed by atoms with Crippen molar-refractivity contribution in [3.05, 3.63) is 64.9 Å². The number of ether oxygens (including phenoxy) is 2. The Balaban J connectivity index is 1.41. The Labute approximate surface area is 209 Å². The molecule has 0 aromatic heterocycles. The summed E-state index contributed by atoms with van der Waals surface area (Å²) in [7, 11) is 0. The molecule has 1 atom stereocenters. The molecule has 0 unspecified atom stereocenters. The van der Waals surface area contributed by atoms with Gasteiger partial charge in [0.2, 0.25) is 0 Å². The Morgan fingerprint density at radius 1 is 1.09 bits per heavy atom. The zero-order valence-corrected chi connectivity index (χ0v) is 20.3. The van der Waals surface area contributed by atoms with Gasteiger partial charge < -0.3 is 24.6 Å². The van der Waals surface area contributed by atoms with Crippen LogP contribution in [0.2, 0.25) is 5.02 Å². The normalized spacial score (nSPS) is 18.8. The molecule has 2 aromatic carbocycles. The third kappa shape index (κ3) is 7.14. The third-order valence-electron chi connectivity index (χ3n) is 6.11. The number of benzene rings is 2. The number of anilines is 1. The molecule has 35 heavy (non-hydrogen) atoms. The molecule has 0 aliphatic carbocycles. The lowest BCUT2D eigenvalue weighted by Crippen LogP contribution is -2.52. The maximum absolute atomic E-state index is 14.4. The highest BCUT2D eigenvalue weighted by Crippen LogP contribution is 2.17. The second-order valence-corrected chi connectivity index (χ2v) is 9.00. The molecule has 8 nitrogen and oxygen atoms in total. The van der Waals surface area contributed by atoms with Gasteiger partial charge in [-0.2, -0.15) is 0 Å². The van der Waals surface area contributed by atoms with E-state index in [-0.39, 0.29) is 24.0 Å². The molecule has 3 amide bonds. The zero-order valence-electron chi connectivity index (χ0n) is 19.5. The van der Waals surface area contributed by atoms with Crippen molar-refractivity contribution in [3.8, 4) is 0 Å². The number of morpholine rings is 2. The molecule has 10 heteroatoms. The van der Waals surface area contributed by atoms with E-state index in [9.17, 15) is 14.0 Å². The van der Waals surface area contributed by atoms with E-state index in [1.54, 1.807) is 46.2 Å². The maximum Gasteiger partial charge on any atom is 0.322 e. The van der Waals surface area contributed by atoms with Crippen molar-refractivity contribution in [2.24, 2.45) is 0 Å². The van der Waals surface area contributed by atoms with E-state index in [1.807, 2.05) is 0 Å². The summed E-state index contributed by atoms with van der Waals surface area (Å²) in [5.74, 6) is -0.943. The van der Waals surface area contributed by atoms with Crippen LogP contribution in [0.5, 0.6) is 0 Å². The predicted molar refractivity (Wildman–Crippen MR) is 131 cm³/mol. The summed E-state index contributed by atoms with van der Waals surface area (Å²) in [5, 5.41) is 3.38. The Hall–Kier alpha value is -2.72. The predicted octanol–water partition coefficient (Wildman–Crippen LogP) is 3.19. The summed E-state index contributed by atoms with van der Waals surface area (Å²) in [6, 6.07) is 12.7. The summed E-state index contributed by atoms with van der Waals surface area (Å²) in [6.07, 6.45) is -0.394. The molecular weight excluding hydrogens is 475 g/mol. The van der Waals surface area contributed by atoms with Crippen molar-refractivity contribution >= 4 is 29.2 Å². The molecule has 2 fully saturated rings. The van der Waals surface area contributed by atoms with Crippen LogP contribution in [0.1, 0.15) is 10.4 Å². The lowest BCUT2D eigenvalue weighted by Gasteiger charge is -2.36. The first kappa shape index (κ1) is 25.4. The number of nitrogens with zero attached hydrogens (tertiary/aromatic N) is 3. The second-order valence-electron chi connectivity index (χ2n) is 8.56. The fourth-order valence-corrected chi connectivity index (χ4v) is 4.39. The lowest BCUT2D eigenvalue weighted by atomic mass is 10.1. The van der Waals surface area contributed by atoms with Gasteiger partial charge in [-0.1, -0.05) is 29.8 Å². The molecule has 2 aromatic rings. The fraction of sp³-hybridized carbons (Fsp3) is 0.440. The monoisotopic (exact) mass is 504 g/mol. The molecule has 2 heterocycles. The van der Waals surface area contributed by atoms with Gasteiger partial charge in [0, 0.05) is 50.0 Å². The van der Waals surface area contributed by atoms with Crippen molar-refractivity contribution in [1.82, 2.24) is 14.7 Å². The van der Waals surface area contributed by atoms with Crippen LogP contribution in [0, 0.1) is 5.82 Å². The summed E-state index contributed by atoms with van der Waals surface area (Å²) >= 11 is 6.01. The lowest BCUT2D eigenvalue weighted by molar-refractivity contribution is -0.0282. The van der Waals surface area contributed by atoms with Crippen molar-refractivity contribution in [2.75, 3.05) is 71.0 Å². The van der Waals surface area contributed by atoms with Crippen LogP contribution >= 0.6 is 11.6 Å². The van der Waals surface area contributed by atoms with E-state index in [1.165, 1.54) is 12.1 Å². The van der Waals surface area contributed by atoms with Gasteiger partial charge >= 0.3 is 6.03 Å². The van der Waals surface area contributed by atoms with Crippen LogP contribution in [0.3, 0.4) is 0 Å². The van der Waals surface area contributed by atoms with Crippen LogP contribution in [0.4, 0.5) is 14.9 Å². The minimum Gasteiger partial charge on any atom is -0.379 e. The van der Waals surface area contributed by atoms with Crippen molar-refractivity contribution in [1.29, 1.82) is 0 Å². The van der Waals surface area contributed by atoms with Gasteiger partial charge in [0.15, 0.2) is 0 Å². The number of nitrogens with one attached hydrogen (secondary N) is 1. The molecule has 4 rings (SSSR count). The molecule has 2 saturated heterocycles. The van der Waals surface area contributed by atoms with Gasteiger partial charge in [-0.15, -0.1) is 0 Å². The number of amides is 3. The Morgan fingerprint density at radius 2 is 1.89 bits per heavy atom. The first-order valence-electron chi connectivity index (χ1n) is 11.8. The average Bonchev–Trinajstić information content (AvgIpc) is 2.87. The zero-order chi connectivity index (χ0) is 24.6. The summed E-state index contributed by atoms with van der Waals surface area (Å²) in [4.78, 5) is 31.6. The second kappa shape index (κ2) is 12.3. The first-order valence-corrected chi connectivity index (χ1v) is 12.1. The van der Waals surface area contributed by atoms with E-state index >= 15 is 0 Å². The highest BCUT2D eigenvalue weighted by atomic mass is 35.5. The summed E-state index contributed by atoms with van der Waals surface area (Å²) < 4.78 is 25.7. The van der Waals surface area contributed by atoms with Crippen LogP contribution in [-0.4, -0.2) is 98.4 Å². The highest BCUT2D eigenvalue weighted by molar-refractivity contribution is 6.30. The number of carbonyl (C=O) groups excluding carboxylic acids is 2. The van der Waals surface area contributed by atoms with Crippen LogP contribution in [0.25, 0.3) is 0 Å². The molecule has 0 saturated carbocycles. The number of urea groups is 1. The average molecular weight is 505 g/mol. The molecule has 2 aliphatic heterocycles. The smallest absolute Gasteiger partial charge is 0.322 e. The Morgan fingerprint density at radius 3 is 2.66 bits per heavy atom. The molecular formula is C25H30ClFN4O4. The topological polar surface area (TPSA) is 74.4 Å². The van der Waals surface area contributed by atoms with E-state index in [4.69, 9.17) is 21.1 Å². The Kier molecular flexibility index (Phi) is 8.92. The minimum absolute atomic E-state index is 0.0286. The number of hydrogen-bond donors (Lipinski definition) is 1. The quantitative estimate of drug-likeness (QED) is 0.627. The van der Waals surface area contributed by atoms with Crippen molar-refractivity contribution < 1.29 is 23.5 Å². The molecule has 1 N–H and O–H groups in total.